The zero-order valence-corrected chi connectivity index (χ0v) is 15.0. The van der Waals surface area contributed by atoms with Gasteiger partial charge in [0.25, 0.3) is 0 Å². The zero-order chi connectivity index (χ0) is 18.3. The average molecular weight is 366 g/mol. The van der Waals surface area contributed by atoms with Crippen LogP contribution in [-0.4, -0.2) is 30.6 Å². The van der Waals surface area contributed by atoms with Gasteiger partial charge >= 0.3 is 0 Å². The van der Waals surface area contributed by atoms with Crippen molar-refractivity contribution in [3.63, 3.8) is 0 Å². The van der Waals surface area contributed by atoms with Crippen LogP contribution in [0.25, 0.3) is 16.6 Å². The molecule has 2 aromatic heterocycles. The molecule has 0 radical (unpaired) electrons. The van der Waals surface area contributed by atoms with E-state index in [1.54, 1.807) is 4.52 Å². The highest BCUT2D eigenvalue weighted by atomic mass is 32.2. The minimum Gasteiger partial charge on any atom is -0.293 e. The number of fused-ring (bicyclic) bond motifs is 3. The summed E-state index contributed by atoms with van der Waals surface area (Å²) in [7, 11) is 0. The number of ketones is 1. The maximum absolute atomic E-state index is 13.1. The largest absolute Gasteiger partial charge is 0.293 e. The van der Waals surface area contributed by atoms with Crippen molar-refractivity contribution in [2.75, 3.05) is 0 Å². The van der Waals surface area contributed by atoms with Crippen LogP contribution < -0.4 is 0 Å². The molecule has 0 aliphatic rings. The molecule has 2 aromatic carbocycles. The van der Waals surface area contributed by atoms with Crippen LogP contribution >= 0.6 is 11.8 Å². The summed E-state index contributed by atoms with van der Waals surface area (Å²) in [6.45, 7) is 3.63. The minimum absolute atomic E-state index is 0.0880. The minimum atomic E-state index is -0.401. The fraction of sp³-hybridized carbons (Fsp3) is 0.158. The number of halogens is 1. The summed E-state index contributed by atoms with van der Waals surface area (Å²) >= 11 is 1.31. The highest BCUT2D eigenvalue weighted by molar-refractivity contribution is 8.00. The monoisotopic (exact) mass is 366 g/mol. The van der Waals surface area contributed by atoms with Crippen molar-refractivity contribution in [1.82, 2.24) is 19.6 Å². The summed E-state index contributed by atoms with van der Waals surface area (Å²) < 4.78 is 14.8. The van der Waals surface area contributed by atoms with E-state index in [4.69, 9.17) is 0 Å². The van der Waals surface area contributed by atoms with Gasteiger partial charge in [0.15, 0.2) is 16.6 Å². The first-order valence-corrected chi connectivity index (χ1v) is 8.99. The molecule has 0 aliphatic heterocycles. The third-order valence-corrected chi connectivity index (χ3v) is 5.08. The van der Waals surface area contributed by atoms with Gasteiger partial charge < -0.3 is 0 Å². The van der Waals surface area contributed by atoms with Gasteiger partial charge in [0, 0.05) is 10.9 Å². The van der Waals surface area contributed by atoms with Gasteiger partial charge in [0.1, 0.15) is 11.6 Å². The summed E-state index contributed by atoms with van der Waals surface area (Å²) in [5, 5.41) is 5.53. The van der Waals surface area contributed by atoms with E-state index in [0.717, 1.165) is 16.6 Å². The first-order valence-electron chi connectivity index (χ1n) is 8.11. The molecule has 1 atom stereocenters. The normalized spacial score (nSPS) is 12.6. The number of hydrogen-bond donors (Lipinski definition) is 0. The number of carbonyl (C=O) groups is 1. The number of rotatable bonds is 4. The van der Waals surface area contributed by atoms with Gasteiger partial charge in [-0.3, -0.25) is 4.79 Å². The van der Waals surface area contributed by atoms with Crippen molar-refractivity contribution >= 4 is 34.1 Å². The number of aryl methyl sites for hydroxylation is 1. The summed E-state index contributed by atoms with van der Waals surface area (Å²) in [6, 6.07) is 13.3. The van der Waals surface area contributed by atoms with Crippen LogP contribution in [-0.2, 0) is 0 Å². The Balaban J connectivity index is 1.73. The first kappa shape index (κ1) is 16.7. The number of carbonyl (C=O) groups excluding carboxylic acids is 1. The van der Waals surface area contributed by atoms with E-state index in [9.17, 15) is 9.18 Å². The standard InChI is InChI=1S/C19H15FN4OS/c1-11(17(25)13-7-9-14(20)10-8-13)26-19-22-16-6-4-3-5-15(16)18-21-12(2)23-24(18)19/h3-11H,1-2H3. The fourth-order valence-corrected chi connectivity index (χ4v) is 3.71. The predicted molar refractivity (Wildman–Crippen MR) is 99.1 cm³/mol. The Labute approximate surface area is 153 Å². The molecule has 0 N–H and O–H groups in total. The quantitative estimate of drug-likeness (QED) is 0.309. The summed E-state index contributed by atoms with van der Waals surface area (Å²) in [4.78, 5) is 21.8. The molecule has 2 heterocycles. The Morgan fingerprint density at radius 1 is 1.12 bits per heavy atom. The van der Waals surface area contributed by atoms with E-state index in [2.05, 4.69) is 15.1 Å². The van der Waals surface area contributed by atoms with Crippen LogP contribution in [0.15, 0.2) is 53.7 Å². The maximum atomic E-state index is 13.1. The van der Waals surface area contributed by atoms with E-state index in [0.29, 0.717) is 16.5 Å². The second-order valence-corrected chi connectivity index (χ2v) is 7.25. The molecule has 0 bridgehead atoms. The molecule has 7 heteroatoms. The number of para-hydroxylation sites is 1. The number of nitrogens with zero attached hydrogens (tertiary/aromatic N) is 4. The fourth-order valence-electron chi connectivity index (χ4n) is 2.77. The molecular formula is C19H15FN4OS. The van der Waals surface area contributed by atoms with Gasteiger partial charge in [-0.2, -0.15) is 4.52 Å². The molecule has 0 saturated carbocycles. The van der Waals surface area contributed by atoms with Crippen LogP contribution in [0, 0.1) is 12.7 Å². The lowest BCUT2D eigenvalue weighted by Crippen LogP contribution is -2.15. The lowest BCUT2D eigenvalue weighted by molar-refractivity contribution is 0.0994. The predicted octanol–water partition coefficient (Wildman–Crippen LogP) is 4.09. The van der Waals surface area contributed by atoms with Gasteiger partial charge in [0.2, 0.25) is 0 Å². The van der Waals surface area contributed by atoms with Crippen molar-refractivity contribution in [2.24, 2.45) is 0 Å². The van der Waals surface area contributed by atoms with E-state index < -0.39 is 5.25 Å². The SMILES string of the molecule is Cc1nc2c3ccccc3nc(SC(C)C(=O)c3ccc(F)cc3)n2n1. The topological polar surface area (TPSA) is 60.2 Å². The van der Waals surface area contributed by atoms with Crippen molar-refractivity contribution in [3.8, 4) is 0 Å². The van der Waals surface area contributed by atoms with Crippen LogP contribution in [0.4, 0.5) is 4.39 Å². The smallest absolute Gasteiger partial charge is 0.192 e. The molecule has 26 heavy (non-hydrogen) atoms. The van der Waals surface area contributed by atoms with E-state index in [1.165, 1.54) is 36.0 Å². The lowest BCUT2D eigenvalue weighted by Gasteiger charge is -2.11. The van der Waals surface area contributed by atoms with Gasteiger partial charge in [0.05, 0.1) is 10.8 Å². The maximum Gasteiger partial charge on any atom is 0.192 e. The number of thioether (sulfide) groups is 1. The molecule has 5 nitrogen and oxygen atoms in total. The van der Waals surface area contributed by atoms with Crippen molar-refractivity contribution in [1.29, 1.82) is 0 Å². The Hall–Kier alpha value is -2.80. The van der Waals surface area contributed by atoms with Crippen molar-refractivity contribution in [3.05, 3.63) is 65.7 Å². The molecule has 0 saturated heterocycles. The highest BCUT2D eigenvalue weighted by Gasteiger charge is 2.20. The molecule has 4 aromatic rings. The third-order valence-electron chi connectivity index (χ3n) is 4.04. The Morgan fingerprint density at radius 2 is 1.85 bits per heavy atom. The Bertz CT molecular complexity index is 1120. The van der Waals surface area contributed by atoms with Gasteiger partial charge in [-0.15, -0.1) is 5.10 Å². The van der Waals surface area contributed by atoms with Crippen LogP contribution in [0.2, 0.25) is 0 Å². The Morgan fingerprint density at radius 3 is 2.62 bits per heavy atom. The second-order valence-electron chi connectivity index (χ2n) is 5.94. The number of benzene rings is 2. The molecule has 4 rings (SSSR count). The molecular weight excluding hydrogens is 351 g/mol. The van der Waals surface area contributed by atoms with E-state index in [-0.39, 0.29) is 11.6 Å². The molecule has 0 amide bonds. The van der Waals surface area contributed by atoms with E-state index in [1.807, 2.05) is 38.1 Å². The van der Waals surface area contributed by atoms with E-state index >= 15 is 0 Å². The molecule has 0 aliphatic carbocycles. The second kappa shape index (κ2) is 6.49. The number of aromatic nitrogens is 4. The molecule has 0 spiro atoms. The molecule has 0 fully saturated rings. The summed E-state index contributed by atoms with van der Waals surface area (Å²) in [5.74, 6) is 0.190. The highest BCUT2D eigenvalue weighted by Crippen LogP contribution is 2.28. The first-order chi connectivity index (χ1) is 12.5. The summed E-state index contributed by atoms with van der Waals surface area (Å²) in [5.41, 5.74) is 1.99. The van der Waals surface area contributed by atoms with Gasteiger partial charge in [-0.25, -0.2) is 14.4 Å². The molecule has 1 unspecified atom stereocenters. The van der Waals surface area contributed by atoms with Gasteiger partial charge in [-0.05, 0) is 50.2 Å². The average Bonchev–Trinajstić information content (AvgIpc) is 3.04. The number of hydrogen-bond acceptors (Lipinski definition) is 5. The Kier molecular flexibility index (Phi) is 4.16. The van der Waals surface area contributed by atoms with Crippen LogP contribution in [0.3, 0.4) is 0 Å². The third kappa shape index (κ3) is 2.94. The lowest BCUT2D eigenvalue weighted by atomic mass is 10.1. The van der Waals surface area contributed by atoms with Crippen molar-refractivity contribution < 1.29 is 9.18 Å². The number of Topliss-reactive ketones (excluding diaryl/α,β-unsaturated/α-hetero) is 1. The van der Waals surface area contributed by atoms with Crippen LogP contribution in [0.5, 0.6) is 0 Å². The van der Waals surface area contributed by atoms with Crippen LogP contribution in [0.1, 0.15) is 23.1 Å². The molecule has 130 valence electrons. The zero-order valence-electron chi connectivity index (χ0n) is 14.2. The van der Waals surface area contributed by atoms with Crippen molar-refractivity contribution in [2.45, 2.75) is 24.3 Å². The summed E-state index contributed by atoms with van der Waals surface area (Å²) in [6.07, 6.45) is 0. The van der Waals surface area contributed by atoms with Gasteiger partial charge in [-0.1, -0.05) is 23.9 Å².